The number of alkyl halides is 3. The average Bonchev–Trinajstić information content (AvgIpc) is 3.61. The van der Waals surface area contributed by atoms with Crippen LogP contribution in [0.25, 0.3) is 0 Å². The Morgan fingerprint density at radius 2 is 1.84 bits per heavy atom. The zero-order valence-corrected chi connectivity index (χ0v) is 21.5. The van der Waals surface area contributed by atoms with Crippen LogP contribution >= 0.6 is 0 Å². The number of amides is 4. The number of likely N-dealkylation sites (tertiary alicyclic amines) is 1. The van der Waals surface area contributed by atoms with Crippen LogP contribution in [0, 0.1) is 11.7 Å². The van der Waals surface area contributed by atoms with Crippen molar-refractivity contribution in [3.63, 3.8) is 0 Å². The summed E-state index contributed by atoms with van der Waals surface area (Å²) < 4.78 is 81.2. The summed E-state index contributed by atoms with van der Waals surface area (Å²) in [5.74, 6) is -2.30. The average molecular weight is 554 g/mol. The maximum absolute atomic E-state index is 14.3. The van der Waals surface area contributed by atoms with Gasteiger partial charge in [0.25, 0.3) is 0 Å². The van der Waals surface area contributed by atoms with E-state index in [2.05, 4.69) is 15.4 Å². The molecule has 0 radical (unpaired) electrons. The molecule has 2 N–H and O–H groups in total. The van der Waals surface area contributed by atoms with Crippen molar-refractivity contribution in [2.75, 3.05) is 40.0 Å². The van der Waals surface area contributed by atoms with Gasteiger partial charge in [0.15, 0.2) is 0 Å². The van der Waals surface area contributed by atoms with E-state index in [-0.39, 0.29) is 37.0 Å². The van der Waals surface area contributed by atoms with Crippen molar-refractivity contribution >= 4 is 22.1 Å². The largest absolute Gasteiger partial charge is 0.573 e. The molecule has 0 unspecified atom stereocenters. The van der Waals surface area contributed by atoms with E-state index in [4.69, 9.17) is 0 Å². The van der Waals surface area contributed by atoms with Gasteiger partial charge in [0.05, 0.1) is 11.8 Å². The SMILES string of the molecule is CNC(=O)N1C[C@@H](CS(=O)(=O)N(C)C)C[C@@H](N(C(=O)NCc2ccc(OC(F)(F)F)cc2F)C2CC2)C1. The second-order valence-electron chi connectivity index (χ2n) is 9.37. The van der Waals surface area contributed by atoms with Crippen molar-refractivity contribution < 1.29 is 40.3 Å². The molecule has 0 aromatic heterocycles. The minimum atomic E-state index is -4.96. The molecule has 1 aromatic rings. The summed E-state index contributed by atoms with van der Waals surface area (Å²) in [6.07, 6.45) is -3.16. The molecule has 15 heteroatoms. The van der Waals surface area contributed by atoms with Crippen LogP contribution in [0.4, 0.5) is 27.2 Å². The van der Waals surface area contributed by atoms with Gasteiger partial charge in [0, 0.05) is 58.4 Å². The molecule has 3 rings (SSSR count). The molecule has 0 spiro atoms. The van der Waals surface area contributed by atoms with Gasteiger partial charge in [-0.1, -0.05) is 6.07 Å². The number of urea groups is 2. The lowest BCUT2D eigenvalue weighted by Gasteiger charge is -2.42. The van der Waals surface area contributed by atoms with E-state index in [0.29, 0.717) is 12.5 Å². The minimum absolute atomic E-state index is 0.0378. The van der Waals surface area contributed by atoms with Crippen LogP contribution in [0.5, 0.6) is 5.75 Å². The van der Waals surface area contributed by atoms with Crippen LogP contribution in [0.15, 0.2) is 18.2 Å². The summed E-state index contributed by atoms with van der Waals surface area (Å²) in [7, 11) is 0.756. The van der Waals surface area contributed by atoms with Crippen LogP contribution in [-0.2, 0) is 16.6 Å². The summed E-state index contributed by atoms with van der Waals surface area (Å²) in [6, 6.07) is 1.11. The van der Waals surface area contributed by atoms with Gasteiger partial charge in [-0.3, -0.25) is 0 Å². The molecule has 2 atom stereocenters. The van der Waals surface area contributed by atoms with Gasteiger partial charge in [-0.2, -0.15) is 0 Å². The van der Waals surface area contributed by atoms with Crippen LogP contribution in [0.1, 0.15) is 24.8 Å². The monoisotopic (exact) mass is 553 g/mol. The Balaban J connectivity index is 1.73. The highest BCUT2D eigenvalue weighted by molar-refractivity contribution is 7.89. The van der Waals surface area contributed by atoms with Gasteiger partial charge >= 0.3 is 18.4 Å². The molecule has 0 bridgehead atoms. The summed E-state index contributed by atoms with van der Waals surface area (Å²) in [4.78, 5) is 28.6. The van der Waals surface area contributed by atoms with E-state index < -0.39 is 52.0 Å². The summed E-state index contributed by atoms with van der Waals surface area (Å²) >= 11 is 0. The first-order chi connectivity index (χ1) is 17.2. The molecule has 1 aliphatic heterocycles. The summed E-state index contributed by atoms with van der Waals surface area (Å²) in [5, 5.41) is 5.14. The topological polar surface area (TPSA) is 111 Å². The third-order valence-corrected chi connectivity index (χ3v) is 8.28. The molecule has 4 amide bonds. The number of carbonyl (C=O) groups is 2. The fourth-order valence-corrected chi connectivity index (χ4v) is 5.52. The number of rotatable bonds is 8. The molecule has 1 aromatic carbocycles. The Hall–Kier alpha value is -2.81. The maximum Gasteiger partial charge on any atom is 0.573 e. The number of hydrogen-bond acceptors (Lipinski definition) is 5. The van der Waals surface area contributed by atoms with Gasteiger partial charge < -0.3 is 25.2 Å². The van der Waals surface area contributed by atoms with Gasteiger partial charge in [-0.15, -0.1) is 13.2 Å². The number of ether oxygens (including phenoxy) is 1. The first-order valence-corrected chi connectivity index (χ1v) is 13.3. The lowest BCUT2D eigenvalue weighted by Crippen LogP contribution is -2.58. The Labute approximate surface area is 212 Å². The highest BCUT2D eigenvalue weighted by atomic mass is 32.2. The molecule has 1 aliphatic carbocycles. The smallest absolute Gasteiger partial charge is 0.406 e. The standard InChI is InChI=1S/C22H31F4N5O5S/c1-27-20(32)30-11-14(13-37(34,35)29(2)3)8-17(12-30)31(16-5-6-16)21(33)28-10-15-4-7-18(9-19(15)23)36-22(24,25)26/h4,7,9,14,16-17H,5-6,8,10-13H2,1-3H3,(H,27,32)(H,28,33)/t14-,17+/m0/s1. The molecular formula is C22H31F4N5O5S. The predicted molar refractivity (Wildman–Crippen MR) is 126 cm³/mol. The molecule has 1 saturated heterocycles. The highest BCUT2D eigenvalue weighted by Gasteiger charge is 2.42. The number of halogens is 4. The van der Waals surface area contributed by atoms with Crippen LogP contribution in [0.2, 0.25) is 0 Å². The van der Waals surface area contributed by atoms with Crippen molar-refractivity contribution in [2.24, 2.45) is 5.92 Å². The van der Waals surface area contributed by atoms with Gasteiger partial charge in [-0.25, -0.2) is 26.7 Å². The fraction of sp³-hybridized carbons (Fsp3) is 0.636. The molecular weight excluding hydrogens is 522 g/mol. The second kappa shape index (κ2) is 11.3. The van der Waals surface area contributed by atoms with E-state index >= 15 is 0 Å². The van der Waals surface area contributed by atoms with Gasteiger partial charge in [0.1, 0.15) is 11.6 Å². The normalized spacial score (nSPS) is 20.5. The number of nitrogens with zero attached hydrogens (tertiary/aromatic N) is 3. The van der Waals surface area contributed by atoms with E-state index in [1.807, 2.05) is 0 Å². The first-order valence-electron chi connectivity index (χ1n) is 11.7. The molecule has 10 nitrogen and oxygen atoms in total. The molecule has 1 heterocycles. The van der Waals surface area contributed by atoms with E-state index in [9.17, 15) is 35.6 Å². The van der Waals surface area contributed by atoms with Gasteiger partial charge in [0.2, 0.25) is 10.0 Å². The lowest BCUT2D eigenvalue weighted by atomic mass is 9.94. The number of carbonyl (C=O) groups excluding carboxylic acids is 2. The molecule has 1 saturated carbocycles. The third-order valence-electron chi connectivity index (χ3n) is 6.28. The second-order valence-corrected chi connectivity index (χ2v) is 11.6. The van der Waals surface area contributed by atoms with Crippen molar-refractivity contribution in [1.29, 1.82) is 0 Å². The molecule has 2 fully saturated rings. The lowest BCUT2D eigenvalue weighted by molar-refractivity contribution is -0.274. The number of nitrogens with one attached hydrogen (secondary N) is 2. The Kier molecular flexibility index (Phi) is 8.78. The van der Waals surface area contributed by atoms with Crippen LogP contribution in [0.3, 0.4) is 0 Å². The number of benzene rings is 1. The van der Waals surface area contributed by atoms with E-state index in [1.54, 1.807) is 4.90 Å². The Morgan fingerprint density at radius 3 is 2.38 bits per heavy atom. The van der Waals surface area contributed by atoms with Gasteiger partial charge in [-0.05, 0) is 31.2 Å². The van der Waals surface area contributed by atoms with Crippen molar-refractivity contribution in [3.8, 4) is 5.75 Å². The predicted octanol–water partition coefficient (Wildman–Crippen LogP) is 2.32. The Bertz CT molecular complexity index is 1100. The van der Waals surface area contributed by atoms with E-state index in [0.717, 1.165) is 29.3 Å². The quantitative estimate of drug-likeness (QED) is 0.480. The van der Waals surface area contributed by atoms with Crippen LogP contribution < -0.4 is 15.4 Å². The zero-order valence-electron chi connectivity index (χ0n) is 20.7. The molecule has 2 aliphatic rings. The number of hydrogen-bond donors (Lipinski definition) is 2. The molecule has 37 heavy (non-hydrogen) atoms. The van der Waals surface area contributed by atoms with Crippen molar-refractivity contribution in [3.05, 3.63) is 29.6 Å². The zero-order chi connectivity index (χ0) is 27.5. The summed E-state index contributed by atoms with van der Waals surface area (Å²) in [6.45, 7) is 0.116. The number of sulfonamides is 1. The van der Waals surface area contributed by atoms with Crippen molar-refractivity contribution in [1.82, 2.24) is 24.7 Å². The fourth-order valence-electron chi connectivity index (χ4n) is 4.38. The highest BCUT2D eigenvalue weighted by Crippen LogP contribution is 2.33. The minimum Gasteiger partial charge on any atom is -0.406 e. The Morgan fingerprint density at radius 1 is 1.16 bits per heavy atom. The molecule has 208 valence electrons. The summed E-state index contributed by atoms with van der Waals surface area (Å²) in [5.41, 5.74) is -0.0378. The maximum atomic E-state index is 14.3. The van der Waals surface area contributed by atoms with Crippen LogP contribution in [-0.4, -0.2) is 93.0 Å². The van der Waals surface area contributed by atoms with E-state index in [1.165, 1.54) is 26.0 Å². The first kappa shape index (κ1) is 28.8. The third kappa shape index (κ3) is 7.84. The van der Waals surface area contributed by atoms with Crippen molar-refractivity contribution in [2.45, 2.75) is 44.3 Å². The number of piperidine rings is 1.